The lowest BCUT2D eigenvalue weighted by atomic mass is 10.0. The van der Waals surface area contributed by atoms with Gasteiger partial charge >= 0.3 is 6.03 Å². The van der Waals surface area contributed by atoms with Crippen molar-refractivity contribution in [1.29, 1.82) is 0 Å². The number of para-hydroxylation sites is 1. The Morgan fingerprint density at radius 1 is 1.23 bits per heavy atom. The third-order valence-electron chi connectivity index (χ3n) is 4.39. The van der Waals surface area contributed by atoms with Gasteiger partial charge in [0.15, 0.2) is 0 Å². The van der Waals surface area contributed by atoms with Crippen LogP contribution < -0.4 is 10.6 Å². The highest BCUT2D eigenvalue weighted by Gasteiger charge is 2.32. The first-order valence-corrected chi connectivity index (χ1v) is 10.0. The monoisotopic (exact) mass is 377 g/mol. The Labute approximate surface area is 153 Å². The number of hydrogen-bond donors (Lipinski definition) is 2. The SMILES string of the molecule is Cc1oc(S(=O)(=O)N2CCC[C@@H](C)C2)cc1NC(=O)Nc1ccccc1. The van der Waals surface area contributed by atoms with Crippen molar-refractivity contribution in [3.05, 3.63) is 42.2 Å². The number of rotatable bonds is 4. The summed E-state index contributed by atoms with van der Waals surface area (Å²) in [7, 11) is -3.70. The summed E-state index contributed by atoms with van der Waals surface area (Å²) in [5, 5.41) is 5.18. The van der Waals surface area contributed by atoms with Gasteiger partial charge in [0.05, 0.1) is 5.69 Å². The molecule has 1 saturated heterocycles. The highest BCUT2D eigenvalue weighted by atomic mass is 32.2. The first-order chi connectivity index (χ1) is 12.4. The smallest absolute Gasteiger partial charge is 0.323 e. The van der Waals surface area contributed by atoms with Crippen LogP contribution in [0.3, 0.4) is 0 Å². The van der Waals surface area contributed by atoms with E-state index in [1.54, 1.807) is 19.1 Å². The average Bonchev–Trinajstić information content (AvgIpc) is 2.97. The number of carbonyl (C=O) groups is 1. The maximum atomic E-state index is 12.8. The molecule has 0 spiro atoms. The fourth-order valence-electron chi connectivity index (χ4n) is 3.00. The molecular weight excluding hydrogens is 354 g/mol. The van der Waals surface area contributed by atoms with Crippen LogP contribution in [0.15, 0.2) is 45.9 Å². The van der Waals surface area contributed by atoms with Crippen molar-refractivity contribution in [2.75, 3.05) is 23.7 Å². The van der Waals surface area contributed by atoms with Crippen LogP contribution in [0.25, 0.3) is 0 Å². The zero-order valence-electron chi connectivity index (χ0n) is 14.9. The molecule has 2 aromatic rings. The zero-order chi connectivity index (χ0) is 18.7. The van der Waals surface area contributed by atoms with E-state index in [1.807, 2.05) is 25.1 Å². The van der Waals surface area contributed by atoms with E-state index in [-0.39, 0.29) is 5.09 Å². The van der Waals surface area contributed by atoms with Gasteiger partial charge in [0.2, 0.25) is 5.09 Å². The fourth-order valence-corrected chi connectivity index (χ4v) is 4.58. The predicted molar refractivity (Wildman–Crippen MR) is 99.7 cm³/mol. The molecule has 1 aromatic carbocycles. The van der Waals surface area contributed by atoms with Crippen molar-refractivity contribution in [1.82, 2.24) is 4.31 Å². The van der Waals surface area contributed by atoms with E-state index >= 15 is 0 Å². The molecule has 0 unspecified atom stereocenters. The van der Waals surface area contributed by atoms with Gasteiger partial charge in [-0.3, -0.25) is 0 Å². The van der Waals surface area contributed by atoms with Gasteiger partial charge in [-0.05, 0) is 37.8 Å². The normalized spacial score (nSPS) is 18.5. The highest BCUT2D eigenvalue weighted by Crippen LogP contribution is 2.29. The number of anilines is 2. The predicted octanol–water partition coefficient (Wildman–Crippen LogP) is 3.65. The number of nitrogens with zero attached hydrogens (tertiary/aromatic N) is 1. The second-order valence-electron chi connectivity index (χ2n) is 6.59. The van der Waals surface area contributed by atoms with Crippen molar-refractivity contribution in [2.24, 2.45) is 5.92 Å². The van der Waals surface area contributed by atoms with Crippen molar-refractivity contribution in [2.45, 2.75) is 31.8 Å². The lowest BCUT2D eigenvalue weighted by molar-refractivity contribution is 0.262. The number of carbonyl (C=O) groups excluding carboxylic acids is 1. The maximum Gasteiger partial charge on any atom is 0.323 e. The molecule has 1 aliphatic heterocycles. The molecule has 0 radical (unpaired) electrons. The van der Waals surface area contributed by atoms with Gasteiger partial charge < -0.3 is 15.1 Å². The molecule has 3 rings (SSSR count). The van der Waals surface area contributed by atoms with Gasteiger partial charge in [0, 0.05) is 24.8 Å². The third-order valence-corrected chi connectivity index (χ3v) is 6.11. The third kappa shape index (κ3) is 4.08. The quantitative estimate of drug-likeness (QED) is 0.851. The van der Waals surface area contributed by atoms with Crippen LogP contribution in [0.5, 0.6) is 0 Å². The number of benzene rings is 1. The molecule has 0 aliphatic carbocycles. The Balaban J connectivity index is 1.73. The molecule has 8 heteroatoms. The standard InChI is InChI=1S/C18H23N3O4S/c1-13-7-6-10-21(12-13)26(23,24)17-11-16(14(2)25-17)20-18(22)19-15-8-4-3-5-9-15/h3-5,8-9,11,13H,6-7,10,12H2,1-2H3,(H2,19,20,22)/t13-/m1/s1. The van der Waals surface area contributed by atoms with E-state index in [9.17, 15) is 13.2 Å². The van der Waals surface area contributed by atoms with Gasteiger partial charge in [0.25, 0.3) is 10.0 Å². The Bertz CT molecular complexity index is 877. The fraction of sp³-hybridized carbons (Fsp3) is 0.389. The number of aryl methyl sites for hydroxylation is 1. The van der Waals surface area contributed by atoms with Crippen LogP contribution in [-0.4, -0.2) is 31.8 Å². The summed E-state index contributed by atoms with van der Waals surface area (Å²) in [6, 6.07) is 9.89. The van der Waals surface area contributed by atoms with Crippen LogP contribution in [0, 0.1) is 12.8 Å². The topological polar surface area (TPSA) is 91.7 Å². The van der Waals surface area contributed by atoms with Gasteiger partial charge in [-0.15, -0.1) is 0 Å². The molecule has 0 saturated carbocycles. The number of urea groups is 1. The van der Waals surface area contributed by atoms with Gasteiger partial charge in [-0.1, -0.05) is 25.1 Å². The van der Waals surface area contributed by atoms with E-state index in [0.29, 0.717) is 36.1 Å². The average molecular weight is 377 g/mol. The first kappa shape index (κ1) is 18.5. The summed E-state index contributed by atoms with van der Waals surface area (Å²) >= 11 is 0. The number of hydrogen-bond acceptors (Lipinski definition) is 4. The molecule has 2 heterocycles. The minimum absolute atomic E-state index is 0.140. The first-order valence-electron chi connectivity index (χ1n) is 8.60. The molecule has 1 fully saturated rings. The van der Waals surface area contributed by atoms with Crippen molar-refractivity contribution < 1.29 is 17.6 Å². The molecule has 2 amide bonds. The van der Waals surface area contributed by atoms with Gasteiger partial charge in [-0.2, -0.15) is 4.31 Å². The van der Waals surface area contributed by atoms with Crippen LogP contribution in [0.4, 0.5) is 16.2 Å². The number of piperidine rings is 1. The summed E-state index contributed by atoms with van der Waals surface area (Å²) in [6.07, 6.45) is 1.86. The molecule has 2 N–H and O–H groups in total. The summed E-state index contributed by atoms with van der Waals surface area (Å²) in [4.78, 5) is 12.1. The van der Waals surface area contributed by atoms with Gasteiger partial charge in [0.1, 0.15) is 5.76 Å². The van der Waals surface area contributed by atoms with E-state index in [0.717, 1.165) is 12.8 Å². The lowest BCUT2D eigenvalue weighted by Crippen LogP contribution is -2.38. The van der Waals surface area contributed by atoms with Crippen molar-refractivity contribution >= 4 is 27.4 Å². The van der Waals surface area contributed by atoms with E-state index in [4.69, 9.17) is 4.42 Å². The largest absolute Gasteiger partial charge is 0.446 e. The van der Waals surface area contributed by atoms with Crippen molar-refractivity contribution in [3.8, 4) is 0 Å². The Morgan fingerprint density at radius 3 is 2.65 bits per heavy atom. The van der Waals surface area contributed by atoms with E-state index in [1.165, 1.54) is 10.4 Å². The van der Waals surface area contributed by atoms with E-state index < -0.39 is 16.1 Å². The molecule has 7 nitrogen and oxygen atoms in total. The van der Waals surface area contributed by atoms with Gasteiger partial charge in [-0.25, -0.2) is 13.2 Å². The molecular formula is C18H23N3O4S. The molecule has 1 atom stereocenters. The highest BCUT2D eigenvalue weighted by molar-refractivity contribution is 7.89. The summed E-state index contributed by atoms with van der Waals surface area (Å²) in [5.74, 6) is 0.667. The number of nitrogens with one attached hydrogen (secondary N) is 2. The Kier molecular flexibility index (Phi) is 5.33. The Morgan fingerprint density at radius 2 is 1.96 bits per heavy atom. The minimum Gasteiger partial charge on any atom is -0.446 e. The summed E-state index contributed by atoms with van der Waals surface area (Å²) in [5.41, 5.74) is 0.975. The van der Waals surface area contributed by atoms with Crippen LogP contribution >= 0.6 is 0 Å². The molecule has 140 valence electrons. The number of amides is 2. The maximum absolute atomic E-state index is 12.8. The molecule has 26 heavy (non-hydrogen) atoms. The van der Waals surface area contributed by atoms with Crippen LogP contribution in [0.2, 0.25) is 0 Å². The zero-order valence-corrected chi connectivity index (χ0v) is 15.7. The second kappa shape index (κ2) is 7.51. The number of sulfonamides is 1. The number of furan rings is 1. The molecule has 1 aromatic heterocycles. The van der Waals surface area contributed by atoms with E-state index in [2.05, 4.69) is 10.6 Å². The molecule has 0 bridgehead atoms. The Hall–Kier alpha value is -2.32. The van der Waals surface area contributed by atoms with Crippen LogP contribution in [0.1, 0.15) is 25.5 Å². The summed E-state index contributed by atoms with van der Waals surface area (Å²) < 4.78 is 32.5. The minimum atomic E-state index is -3.70. The second-order valence-corrected chi connectivity index (χ2v) is 8.46. The molecule has 1 aliphatic rings. The van der Waals surface area contributed by atoms with Crippen LogP contribution in [-0.2, 0) is 10.0 Å². The lowest BCUT2D eigenvalue weighted by Gasteiger charge is -2.29. The summed E-state index contributed by atoms with van der Waals surface area (Å²) in [6.45, 7) is 4.63. The van der Waals surface area contributed by atoms with Crippen molar-refractivity contribution in [3.63, 3.8) is 0 Å².